The summed E-state index contributed by atoms with van der Waals surface area (Å²) in [5.41, 5.74) is 1.69. The number of fused-ring (bicyclic) bond motifs is 2. The van der Waals surface area contributed by atoms with Crippen LogP contribution in [0.1, 0.15) is 18.4 Å². The number of benzene rings is 1. The fourth-order valence-corrected chi connectivity index (χ4v) is 3.05. The van der Waals surface area contributed by atoms with Crippen molar-refractivity contribution in [3.8, 4) is 0 Å². The molecule has 4 heteroatoms. The molecule has 0 radical (unpaired) electrons. The van der Waals surface area contributed by atoms with E-state index in [0.717, 1.165) is 37.2 Å². The lowest BCUT2D eigenvalue weighted by Gasteiger charge is -2.34. The highest BCUT2D eigenvalue weighted by Crippen LogP contribution is 2.31. The van der Waals surface area contributed by atoms with Crippen LogP contribution in [-0.2, 0) is 10.1 Å². The van der Waals surface area contributed by atoms with E-state index in [1.165, 1.54) is 0 Å². The van der Waals surface area contributed by atoms with Gasteiger partial charge < -0.3 is 9.64 Å². The van der Waals surface area contributed by atoms with Crippen molar-refractivity contribution in [1.82, 2.24) is 0 Å². The Hall–Kier alpha value is -0.610. The topological polar surface area (TPSA) is 12.5 Å². The summed E-state index contributed by atoms with van der Waals surface area (Å²) in [5.74, 6) is -0.122. The second-order valence-electron chi connectivity index (χ2n) is 4.78. The number of hydrogen-bond donors (Lipinski definition) is 0. The lowest BCUT2D eigenvalue weighted by molar-refractivity contribution is 0.0303. The fraction of sp³-hybridized carbons (Fsp3) is 0.538. The quantitative estimate of drug-likeness (QED) is 0.778. The van der Waals surface area contributed by atoms with E-state index >= 15 is 0 Å². The third kappa shape index (κ3) is 2.20. The van der Waals surface area contributed by atoms with Crippen molar-refractivity contribution in [3.63, 3.8) is 0 Å². The van der Waals surface area contributed by atoms with E-state index in [0.29, 0.717) is 17.5 Å². The van der Waals surface area contributed by atoms with Gasteiger partial charge in [-0.25, -0.2) is 4.39 Å². The molecule has 2 bridgehead atoms. The molecule has 0 N–H and O–H groups in total. The van der Waals surface area contributed by atoms with Gasteiger partial charge in [0.2, 0.25) is 0 Å². The van der Waals surface area contributed by atoms with Crippen LogP contribution in [0.25, 0.3) is 0 Å². The lowest BCUT2D eigenvalue weighted by atomic mass is 10.2. The minimum Gasteiger partial charge on any atom is -0.371 e. The SMILES string of the molecule is Fc1cc(CBr)ccc1N1CC2CCC(C1)O2. The van der Waals surface area contributed by atoms with E-state index in [-0.39, 0.29) is 5.82 Å². The Morgan fingerprint density at radius 2 is 2.00 bits per heavy atom. The zero-order chi connectivity index (χ0) is 11.8. The fourth-order valence-electron chi connectivity index (χ4n) is 2.70. The summed E-state index contributed by atoms with van der Waals surface area (Å²) < 4.78 is 19.8. The van der Waals surface area contributed by atoms with Crippen molar-refractivity contribution in [1.29, 1.82) is 0 Å². The Balaban J connectivity index is 1.84. The first-order chi connectivity index (χ1) is 8.26. The van der Waals surface area contributed by atoms with Crippen molar-refractivity contribution in [2.24, 2.45) is 0 Å². The average molecular weight is 300 g/mol. The van der Waals surface area contributed by atoms with Crippen molar-refractivity contribution in [3.05, 3.63) is 29.6 Å². The van der Waals surface area contributed by atoms with Crippen LogP contribution in [0.5, 0.6) is 0 Å². The van der Waals surface area contributed by atoms with E-state index in [2.05, 4.69) is 20.8 Å². The van der Waals surface area contributed by atoms with E-state index in [9.17, 15) is 4.39 Å². The van der Waals surface area contributed by atoms with Gasteiger partial charge in [0.05, 0.1) is 17.9 Å². The molecule has 17 heavy (non-hydrogen) atoms. The summed E-state index contributed by atoms with van der Waals surface area (Å²) >= 11 is 3.34. The Morgan fingerprint density at radius 3 is 2.59 bits per heavy atom. The van der Waals surface area contributed by atoms with Gasteiger partial charge in [0.1, 0.15) is 5.82 Å². The number of anilines is 1. The van der Waals surface area contributed by atoms with Gasteiger partial charge in [0, 0.05) is 18.4 Å². The minimum atomic E-state index is -0.122. The molecule has 0 saturated carbocycles. The molecule has 2 atom stereocenters. The monoisotopic (exact) mass is 299 g/mol. The maximum Gasteiger partial charge on any atom is 0.146 e. The molecule has 2 saturated heterocycles. The van der Waals surface area contributed by atoms with Gasteiger partial charge in [-0.15, -0.1) is 0 Å². The first-order valence-electron chi connectivity index (χ1n) is 6.01. The van der Waals surface area contributed by atoms with E-state index in [1.807, 2.05) is 12.1 Å². The van der Waals surface area contributed by atoms with E-state index in [4.69, 9.17) is 4.74 Å². The summed E-state index contributed by atoms with van der Waals surface area (Å²) in [6.45, 7) is 1.64. The first-order valence-corrected chi connectivity index (χ1v) is 7.13. The van der Waals surface area contributed by atoms with Crippen molar-refractivity contribution < 1.29 is 9.13 Å². The number of nitrogens with zero attached hydrogens (tertiary/aromatic N) is 1. The van der Waals surface area contributed by atoms with Crippen LogP contribution in [0.3, 0.4) is 0 Å². The predicted molar refractivity (Wildman–Crippen MR) is 69.1 cm³/mol. The molecule has 2 aliphatic heterocycles. The largest absolute Gasteiger partial charge is 0.371 e. The van der Waals surface area contributed by atoms with E-state index < -0.39 is 0 Å². The Labute approximate surface area is 109 Å². The van der Waals surface area contributed by atoms with Crippen LogP contribution >= 0.6 is 15.9 Å². The number of ether oxygens (including phenoxy) is 1. The van der Waals surface area contributed by atoms with Gasteiger partial charge in [-0.3, -0.25) is 0 Å². The highest BCUT2D eigenvalue weighted by molar-refractivity contribution is 9.08. The van der Waals surface area contributed by atoms with Crippen LogP contribution < -0.4 is 4.90 Å². The first kappa shape index (κ1) is 11.5. The zero-order valence-corrected chi connectivity index (χ0v) is 11.1. The van der Waals surface area contributed by atoms with Crippen LogP contribution in [0.4, 0.5) is 10.1 Å². The lowest BCUT2D eigenvalue weighted by Crippen LogP contribution is -2.43. The molecule has 2 nitrogen and oxygen atoms in total. The van der Waals surface area contributed by atoms with Crippen molar-refractivity contribution >= 4 is 21.6 Å². The Bertz CT molecular complexity index is 414. The van der Waals surface area contributed by atoms with Crippen molar-refractivity contribution in [2.75, 3.05) is 18.0 Å². The third-order valence-corrected chi connectivity index (χ3v) is 4.20. The van der Waals surface area contributed by atoms with Crippen molar-refractivity contribution in [2.45, 2.75) is 30.4 Å². The molecule has 2 aliphatic rings. The highest BCUT2D eigenvalue weighted by Gasteiger charge is 2.34. The Morgan fingerprint density at radius 1 is 1.29 bits per heavy atom. The minimum absolute atomic E-state index is 0.122. The second kappa shape index (κ2) is 4.58. The summed E-state index contributed by atoms with van der Waals surface area (Å²) in [7, 11) is 0. The van der Waals surface area contributed by atoms with Crippen LogP contribution in [0.2, 0.25) is 0 Å². The van der Waals surface area contributed by atoms with Gasteiger partial charge in [-0.05, 0) is 30.5 Å². The molecule has 0 aliphatic carbocycles. The molecule has 0 amide bonds. The number of rotatable bonds is 2. The summed E-state index contributed by atoms with van der Waals surface area (Å²) in [5, 5.41) is 0.693. The molecule has 2 fully saturated rings. The molecule has 3 rings (SSSR count). The molecule has 92 valence electrons. The maximum absolute atomic E-state index is 14.0. The average Bonchev–Trinajstić information content (AvgIpc) is 2.68. The Kier molecular flexibility index (Phi) is 3.09. The number of alkyl halides is 1. The molecule has 0 spiro atoms. The molecule has 1 aromatic rings. The number of morpholine rings is 1. The molecular weight excluding hydrogens is 285 g/mol. The summed E-state index contributed by atoms with van der Waals surface area (Å²) in [4.78, 5) is 2.12. The maximum atomic E-state index is 14.0. The molecule has 0 aromatic heterocycles. The van der Waals surface area contributed by atoms with E-state index in [1.54, 1.807) is 6.07 Å². The normalized spacial score (nSPS) is 27.5. The van der Waals surface area contributed by atoms with Crippen LogP contribution in [0.15, 0.2) is 18.2 Å². The second-order valence-corrected chi connectivity index (χ2v) is 5.34. The van der Waals surface area contributed by atoms with Gasteiger partial charge in [0.25, 0.3) is 0 Å². The molecule has 1 aromatic carbocycles. The van der Waals surface area contributed by atoms with Gasteiger partial charge >= 0.3 is 0 Å². The summed E-state index contributed by atoms with van der Waals surface area (Å²) in [6, 6.07) is 5.47. The predicted octanol–water partition coefficient (Wildman–Crippen LogP) is 3.09. The zero-order valence-electron chi connectivity index (χ0n) is 9.53. The molecule has 2 unspecified atom stereocenters. The van der Waals surface area contributed by atoms with Gasteiger partial charge in [-0.1, -0.05) is 22.0 Å². The highest BCUT2D eigenvalue weighted by atomic mass is 79.9. The number of halogens is 2. The smallest absolute Gasteiger partial charge is 0.146 e. The molecule has 2 heterocycles. The van der Waals surface area contributed by atoms with Crippen LogP contribution in [0, 0.1) is 5.82 Å². The molecular formula is C13H15BrFNO. The third-order valence-electron chi connectivity index (χ3n) is 3.55. The van der Waals surface area contributed by atoms with Gasteiger partial charge in [-0.2, -0.15) is 0 Å². The van der Waals surface area contributed by atoms with Crippen LogP contribution in [-0.4, -0.2) is 25.3 Å². The number of hydrogen-bond acceptors (Lipinski definition) is 2. The van der Waals surface area contributed by atoms with Gasteiger partial charge in [0.15, 0.2) is 0 Å². The summed E-state index contributed by atoms with van der Waals surface area (Å²) in [6.07, 6.45) is 2.82. The standard InChI is InChI=1S/C13H15BrFNO/c14-6-9-1-4-13(12(15)5-9)16-7-10-2-3-11(8-16)17-10/h1,4-5,10-11H,2-3,6-8H2.